The first kappa shape index (κ1) is 9.88. The minimum absolute atomic E-state index is 0.562. The van der Waals surface area contributed by atoms with Gasteiger partial charge >= 0.3 is 0 Å². The van der Waals surface area contributed by atoms with Gasteiger partial charge in [0, 0.05) is 0 Å². The molecule has 1 aliphatic rings. The van der Waals surface area contributed by atoms with Gasteiger partial charge in [-0.1, -0.05) is 25.7 Å². The van der Waals surface area contributed by atoms with E-state index in [-0.39, 0.29) is 0 Å². The lowest BCUT2D eigenvalue weighted by atomic mass is 10.0. The highest BCUT2D eigenvalue weighted by Crippen LogP contribution is 2.15. The molecule has 0 aromatic carbocycles. The normalized spacial score (nSPS) is 13.5. The van der Waals surface area contributed by atoms with Crippen LogP contribution in [0.3, 0.4) is 0 Å². The maximum atomic E-state index is 8.09. The molecular weight excluding hydrogens is 144 g/mol. The molecule has 0 spiro atoms. The molecule has 11 heavy (non-hydrogen) atoms. The summed E-state index contributed by atoms with van der Waals surface area (Å²) in [4.78, 5) is 0. The molecule has 0 bridgehead atoms. The quantitative estimate of drug-likeness (QED) is 0.607. The summed E-state index contributed by atoms with van der Waals surface area (Å²) in [5, 5.41) is 16.2. The predicted molar refractivity (Wildman–Crippen MR) is 43.1 cm³/mol. The van der Waals surface area contributed by atoms with Crippen LogP contribution in [0.1, 0.15) is 25.7 Å². The van der Waals surface area contributed by atoms with E-state index in [4.69, 9.17) is 10.2 Å². The van der Waals surface area contributed by atoms with Gasteiger partial charge in [0.15, 0.2) is 0 Å². The Kier molecular flexibility index (Phi) is 5.07. The third kappa shape index (κ3) is 8.88. The molecule has 0 atom stereocenters. The van der Waals surface area contributed by atoms with Crippen LogP contribution >= 0.6 is 0 Å². The van der Waals surface area contributed by atoms with Crippen molar-refractivity contribution in [3.8, 4) is 0 Å². The smallest absolute Gasteiger partial charge is 0.277 e. The third-order valence-electron chi connectivity index (χ3n) is 1.24. The second-order valence-corrected chi connectivity index (χ2v) is 2.30. The summed E-state index contributed by atoms with van der Waals surface area (Å²) in [7, 11) is 0. The first-order valence-corrected chi connectivity index (χ1v) is 3.56. The fourth-order valence-electron chi connectivity index (χ4n) is 0.386. The third-order valence-corrected chi connectivity index (χ3v) is 1.24. The molecule has 3 heteroatoms. The molecule has 0 aromatic rings. The number of hydrogen-bond acceptors (Lipinski definition) is 3. The van der Waals surface area contributed by atoms with Gasteiger partial charge in [0.05, 0.1) is 0 Å². The first-order chi connectivity index (χ1) is 5.13. The van der Waals surface area contributed by atoms with Crippen molar-refractivity contribution < 1.29 is 14.9 Å². The zero-order valence-electron chi connectivity index (χ0n) is 6.55. The largest absolute Gasteiger partial charge is 0.481 e. The Morgan fingerprint density at radius 1 is 0.909 bits per heavy atom. The number of aliphatic hydroxyl groups is 2. The molecule has 2 N–H and O–H groups in total. The first-order valence-electron chi connectivity index (χ1n) is 3.56. The highest BCUT2D eigenvalue weighted by Gasteiger charge is 1.95. The molecule has 0 saturated heterocycles. The molecule has 1 fully saturated rings. The Morgan fingerprint density at radius 2 is 1.18 bits per heavy atom. The molecule has 0 aliphatic heterocycles. The van der Waals surface area contributed by atoms with Gasteiger partial charge < -0.3 is 14.9 Å². The van der Waals surface area contributed by atoms with Crippen LogP contribution in [0.4, 0.5) is 0 Å². The molecule has 0 aromatic heterocycles. The van der Waals surface area contributed by atoms with E-state index in [1.807, 2.05) is 0 Å². The maximum Gasteiger partial charge on any atom is 0.277 e. The van der Waals surface area contributed by atoms with Gasteiger partial charge in [-0.25, -0.2) is 0 Å². The van der Waals surface area contributed by atoms with Gasteiger partial charge in [-0.3, -0.25) is 0 Å². The van der Waals surface area contributed by atoms with Crippen molar-refractivity contribution in [2.45, 2.75) is 25.7 Å². The van der Waals surface area contributed by atoms with E-state index in [1.165, 1.54) is 25.7 Å². The minimum Gasteiger partial charge on any atom is -0.481 e. The summed E-state index contributed by atoms with van der Waals surface area (Å²) >= 11 is 0. The Bertz CT molecular complexity index is 120. The second kappa shape index (κ2) is 5.65. The van der Waals surface area contributed by atoms with E-state index < -0.39 is 11.9 Å². The van der Waals surface area contributed by atoms with Gasteiger partial charge in [0.1, 0.15) is 0 Å². The van der Waals surface area contributed by atoms with Crippen molar-refractivity contribution in [3.05, 3.63) is 25.0 Å². The maximum absolute atomic E-state index is 8.09. The lowest BCUT2D eigenvalue weighted by Gasteiger charge is -2.05. The van der Waals surface area contributed by atoms with Gasteiger partial charge in [-0.2, -0.15) is 0 Å². The van der Waals surface area contributed by atoms with E-state index in [1.54, 1.807) is 0 Å². The van der Waals surface area contributed by atoms with Crippen LogP contribution < -0.4 is 0 Å². The Labute approximate surface area is 66.6 Å². The molecule has 1 rings (SSSR count). The fourth-order valence-corrected chi connectivity index (χ4v) is 0.386. The average molecular weight is 158 g/mol. The van der Waals surface area contributed by atoms with Crippen molar-refractivity contribution in [2.24, 2.45) is 0 Å². The molecule has 0 radical (unpaired) electrons. The summed E-state index contributed by atoms with van der Waals surface area (Å²) in [6.07, 6.45) is 6.00. The Morgan fingerprint density at radius 3 is 1.18 bits per heavy atom. The summed E-state index contributed by atoms with van der Waals surface area (Å²) in [6, 6.07) is 0. The van der Waals surface area contributed by atoms with Crippen molar-refractivity contribution in [1.82, 2.24) is 0 Å². The average Bonchev–Trinajstić information content (AvgIpc) is 1.52. The Balaban J connectivity index is 0.000000207. The number of aliphatic hydroxyl groups excluding tert-OH is 2. The van der Waals surface area contributed by atoms with Crippen LogP contribution in [0.2, 0.25) is 0 Å². The molecule has 0 heterocycles. The summed E-state index contributed by atoms with van der Waals surface area (Å²) in [5.41, 5.74) is 0. The van der Waals surface area contributed by atoms with Gasteiger partial charge in [0.25, 0.3) is 11.9 Å². The second-order valence-electron chi connectivity index (χ2n) is 2.30. The molecule has 0 amide bonds. The van der Waals surface area contributed by atoms with Crippen molar-refractivity contribution in [2.75, 3.05) is 0 Å². The van der Waals surface area contributed by atoms with Crippen LogP contribution in [0.15, 0.2) is 25.0 Å². The summed E-state index contributed by atoms with van der Waals surface area (Å²) in [6.45, 7) is 5.82. The van der Waals surface area contributed by atoms with Gasteiger partial charge in [-0.05, 0) is 13.2 Å². The lowest BCUT2D eigenvalue weighted by Crippen LogP contribution is -1.85. The molecule has 1 saturated carbocycles. The van der Waals surface area contributed by atoms with E-state index in [0.717, 1.165) is 0 Å². The van der Waals surface area contributed by atoms with Crippen LogP contribution in [0.5, 0.6) is 0 Å². The lowest BCUT2D eigenvalue weighted by molar-refractivity contribution is 0.0716. The van der Waals surface area contributed by atoms with E-state index in [9.17, 15) is 0 Å². The summed E-state index contributed by atoms with van der Waals surface area (Å²) < 4.78 is 3.97. The SMILES string of the molecule is C1CCC1.C=C(O)OC(=C)O. The predicted octanol–water partition coefficient (Wildman–Crippen LogP) is 2.62. The molecule has 1 aliphatic carbocycles. The van der Waals surface area contributed by atoms with Crippen molar-refractivity contribution in [3.63, 3.8) is 0 Å². The van der Waals surface area contributed by atoms with E-state index in [0.29, 0.717) is 0 Å². The fraction of sp³-hybridized carbons (Fsp3) is 0.500. The number of ether oxygens (including phenoxy) is 1. The molecule has 0 unspecified atom stereocenters. The van der Waals surface area contributed by atoms with E-state index >= 15 is 0 Å². The topological polar surface area (TPSA) is 49.7 Å². The number of hydrogen-bond donors (Lipinski definition) is 2. The minimum atomic E-state index is -0.562. The zero-order valence-corrected chi connectivity index (χ0v) is 6.55. The highest BCUT2D eigenvalue weighted by molar-refractivity contribution is 4.73. The van der Waals surface area contributed by atoms with Gasteiger partial charge in [0.2, 0.25) is 0 Å². The molecular formula is C8H14O3. The highest BCUT2D eigenvalue weighted by atomic mass is 16.7. The number of rotatable bonds is 2. The molecule has 64 valence electrons. The van der Waals surface area contributed by atoms with Crippen LogP contribution in [0.25, 0.3) is 0 Å². The van der Waals surface area contributed by atoms with Crippen molar-refractivity contribution in [1.29, 1.82) is 0 Å². The van der Waals surface area contributed by atoms with Crippen molar-refractivity contribution >= 4 is 0 Å². The van der Waals surface area contributed by atoms with Gasteiger partial charge in [-0.15, -0.1) is 0 Å². The Hall–Kier alpha value is -1.12. The molecule has 3 nitrogen and oxygen atoms in total. The van der Waals surface area contributed by atoms with Crippen LogP contribution in [0, 0.1) is 0 Å². The standard InChI is InChI=1S/C4H6O3.C4H8/c1-3(5)7-4(2)6;1-2-4-3-1/h5-6H,1-2H2;1-4H2. The van der Waals surface area contributed by atoms with E-state index in [2.05, 4.69) is 17.9 Å². The monoisotopic (exact) mass is 158 g/mol. The van der Waals surface area contributed by atoms with Crippen LogP contribution in [-0.4, -0.2) is 10.2 Å². The van der Waals surface area contributed by atoms with Crippen LogP contribution in [-0.2, 0) is 4.74 Å². The zero-order chi connectivity index (χ0) is 8.69. The summed E-state index contributed by atoms with van der Waals surface area (Å²) in [5.74, 6) is -1.12.